The number of nitrogens with one attached hydrogen (secondary N) is 1. The van der Waals surface area contributed by atoms with Crippen LogP contribution in [0.1, 0.15) is 12.6 Å². The normalized spacial score (nSPS) is 17.5. The summed E-state index contributed by atoms with van der Waals surface area (Å²) in [6, 6.07) is 4.35. The van der Waals surface area contributed by atoms with Crippen molar-refractivity contribution in [3.63, 3.8) is 0 Å². The average molecular weight is 396 g/mol. The summed E-state index contributed by atoms with van der Waals surface area (Å²) in [5, 5.41) is 15.5. The van der Waals surface area contributed by atoms with Crippen molar-refractivity contribution in [1.29, 1.82) is 0 Å². The average Bonchev–Trinajstić information content (AvgIpc) is 3.41. The van der Waals surface area contributed by atoms with E-state index in [9.17, 15) is 0 Å². The molecule has 0 unspecified atom stereocenters. The number of pyridine rings is 1. The zero-order valence-electron chi connectivity index (χ0n) is 15.9. The number of aromatic amines is 1. The molecule has 4 aromatic rings. The van der Waals surface area contributed by atoms with E-state index < -0.39 is 0 Å². The van der Waals surface area contributed by atoms with Crippen molar-refractivity contribution in [2.45, 2.75) is 19.9 Å². The van der Waals surface area contributed by atoms with Gasteiger partial charge in [0.2, 0.25) is 0 Å². The Hall–Kier alpha value is -2.85. The number of hydrogen-bond acceptors (Lipinski definition) is 8. The fourth-order valence-corrected chi connectivity index (χ4v) is 4.41. The van der Waals surface area contributed by atoms with Crippen molar-refractivity contribution >= 4 is 27.6 Å². The molecule has 5 heterocycles. The molecule has 0 saturated carbocycles. The molecule has 1 aliphatic rings. The van der Waals surface area contributed by atoms with E-state index in [0.29, 0.717) is 13.2 Å². The maximum Gasteiger partial charge on any atom is 0.131 e. The third-order valence-electron chi connectivity index (χ3n) is 5.01. The van der Waals surface area contributed by atoms with Crippen molar-refractivity contribution in [3.05, 3.63) is 24.0 Å². The fraction of sp³-hybridized carbons (Fsp3) is 0.389. The van der Waals surface area contributed by atoms with Gasteiger partial charge < -0.3 is 9.64 Å². The second kappa shape index (κ2) is 6.64. The molecule has 0 aliphatic carbocycles. The van der Waals surface area contributed by atoms with Crippen LogP contribution in [0.25, 0.3) is 32.9 Å². The summed E-state index contributed by atoms with van der Waals surface area (Å²) in [6.45, 7) is 6.32. The van der Waals surface area contributed by atoms with Crippen LogP contribution in [-0.4, -0.2) is 60.3 Å². The molecule has 0 radical (unpaired) electrons. The fourth-order valence-electron chi connectivity index (χ4n) is 3.55. The molecular formula is C18H20N8OS. The standard InChI is InChI=1S/C18H20N8OS/c1-10-6-13(22-21-10)16-17-18(28-23-16)12(14-8-19-24-25(14)3)7-15(20-17)26-4-5-27-9-11(26)2/h6-8,11H,4-5,9H2,1-3H3,(H,21,22)/t11-/m1/s1. The van der Waals surface area contributed by atoms with Crippen LogP contribution >= 0.6 is 11.5 Å². The SMILES string of the molecule is Cc1cc(-c2nsc3c(-c4cnnn4C)cc(N4CCOC[C@H]4C)nc23)n[nH]1. The number of nitrogens with zero attached hydrogens (tertiary/aromatic N) is 7. The molecule has 1 aliphatic heterocycles. The van der Waals surface area contributed by atoms with E-state index >= 15 is 0 Å². The first kappa shape index (κ1) is 17.3. The predicted octanol–water partition coefficient (Wildman–Crippen LogP) is 2.41. The van der Waals surface area contributed by atoms with Gasteiger partial charge in [0.15, 0.2) is 0 Å². The lowest BCUT2D eigenvalue weighted by atomic mass is 10.1. The first-order valence-electron chi connectivity index (χ1n) is 9.14. The third-order valence-corrected chi connectivity index (χ3v) is 5.88. The molecule has 144 valence electrons. The van der Waals surface area contributed by atoms with Crippen LogP contribution in [-0.2, 0) is 11.8 Å². The highest BCUT2D eigenvalue weighted by Crippen LogP contribution is 2.38. The lowest BCUT2D eigenvalue weighted by Gasteiger charge is -2.34. The van der Waals surface area contributed by atoms with Gasteiger partial charge in [0.25, 0.3) is 0 Å². The summed E-state index contributed by atoms with van der Waals surface area (Å²) in [7, 11) is 1.89. The van der Waals surface area contributed by atoms with Crippen LogP contribution in [0.5, 0.6) is 0 Å². The second-order valence-corrected chi connectivity index (χ2v) is 7.81. The second-order valence-electron chi connectivity index (χ2n) is 7.03. The molecule has 5 rings (SSSR count). The monoisotopic (exact) mass is 396 g/mol. The molecule has 1 saturated heterocycles. The maximum absolute atomic E-state index is 5.61. The van der Waals surface area contributed by atoms with E-state index in [1.54, 1.807) is 10.9 Å². The third kappa shape index (κ3) is 2.76. The number of anilines is 1. The van der Waals surface area contributed by atoms with Crippen LogP contribution in [0.2, 0.25) is 0 Å². The quantitative estimate of drug-likeness (QED) is 0.568. The Labute approximate surface area is 165 Å². The summed E-state index contributed by atoms with van der Waals surface area (Å²) >= 11 is 1.43. The van der Waals surface area contributed by atoms with E-state index in [2.05, 4.69) is 42.8 Å². The molecule has 28 heavy (non-hydrogen) atoms. The van der Waals surface area contributed by atoms with Gasteiger partial charge in [0, 0.05) is 24.8 Å². The highest BCUT2D eigenvalue weighted by atomic mass is 32.1. The molecule has 10 heteroatoms. The number of aryl methyl sites for hydroxylation is 2. The van der Waals surface area contributed by atoms with Gasteiger partial charge in [-0.1, -0.05) is 5.21 Å². The molecule has 4 aromatic heterocycles. The van der Waals surface area contributed by atoms with Gasteiger partial charge in [-0.3, -0.25) is 5.10 Å². The molecule has 1 fully saturated rings. The highest BCUT2D eigenvalue weighted by Gasteiger charge is 2.25. The van der Waals surface area contributed by atoms with Crippen molar-refractivity contribution in [2.75, 3.05) is 24.7 Å². The molecule has 1 atom stereocenters. The van der Waals surface area contributed by atoms with Gasteiger partial charge in [0.1, 0.15) is 22.7 Å². The van der Waals surface area contributed by atoms with Crippen LogP contribution in [0.4, 0.5) is 5.82 Å². The molecule has 0 spiro atoms. The minimum absolute atomic E-state index is 0.249. The molecule has 0 amide bonds. The Morgan fingerprint density at radius 2 is 2.21 bits per heavy atom. The Balaban J connectivity index is 1.75. The summed E-state index contributed by atoms with van der Waals surface area (Å²) in [5.74, 6) is 0.910. The van der Waals surface area contributed by atoms with E-state index in [4.69, 9.17) is 9.72 Å². The van der Waals surface area contributed by atoms with Gasteiger partial charge in [-0.15, -0.1) is 5.10 Å². The topological polar surface area (TPSA) is 97.6 Å². The van der Waals surface area contributed by atoms with Gasteiger partial charge in [-0.05, 0) is 37.5 Å². The minimum atomic E-state index is 0.249. The Morgan fingerprint density at radius 3 is 2.93 bits per heavy atom. The highest BCUT2D eigenvalue weighted by molar-refractivity contribution is 7.14. The first-order valence-corrected chi connectivity index (χ1v) is 9.91. The van der Waals surface area contributed by atoms with Crippen molar-refractivity contribution in [1.82, 2.24) is 34.5 Å². The van der Waals surface area contributed by atoms with Crippen LogP contribution in [0.3, 0.4) is 0 Å². The van der Waals surface area contributed by atoms with Crippen molar-refractivity contribution < 1.29 is 4.74 Å². The van der Waals surface area contributed by atoms with Crippen LogP contribution < -0.4 is 4.90 Å². The van der Waals surface area contributed by atoms with Gasteiger partial charge in [0.05, 0.1) is 35.8 Å². The first-order chi connectivity index (χ1) is 13.6. The largest absolute Gasteiger partial charge is 0.377 e. The number of rotatable bonds is 3. The number of morpholine rings is 1. The number of aromatic nitrogens is 7. The van der Waals surface area contributed by atoms with Gasteiger partial charge >= 0.3 is 0 Å². The number of fused-ring (bicyclic) bond motifs is 1. The summed E-state index contributed by atoms with van der Waals surface area (Å²) in [5.41, 5.74) is 5.40. The van der Waals surface area contributed by atoms with Gasteiger partial charge in [-0.2, -0.15) is 9.47 Å². The number of ether oxygens (including phenoxy) is 1. The molecular weight excluding hydrogens is 376 g/mol. The summed E-state index contributed by atoms with van der Waals surface area (Å²) in [4.78, 5) is 7.29. The lowest BCUT2D eigenvalue weighted by molar-refractivity contribution is 0.0986. The summed E-state index contributed by atoms with van der Waals surface area (Å²) < 4.78 is 13.1. The van der Waals surface area contributed by atoms with E-state index in [1.165, 1.54) is 11.5 Å². The Morgan fingerprint density at radius 1 is 1.32 bits per heavy atom. The lowest BCUT2D eigenvalue weighted by Crippen LogP contribution is -2.44. The molecule has 9 nitrogen and oxygen atoms in total. The smallest absolute Gasteiger partial charge is 0.131 e. The summed E-state index contributed by atoms with van der Waals surface area (Å²) in [6.07, 6.45) is 1.78. The zero-order valence-corrected chi connectivity index (χ0v) is 16.7. The van der Waals surface area contributed by atoms with Crippen molar-refractivity contribution in [2.24, 2.45) is 7.05 Å². The van der Waals surface area contributed by atoms with Gasteiger partial charge in [-0.25, -0.2) is 9.67 Å². The minimum Gasteiger partial charge on any atom is -0.377 e. The number of hydrogen-bond donors (Lipinski definition) is 1. The molecule has 1 N–H and O–H groups in total. The number of H-pyrrole nitrogens is 1. The Kier molecular flexibility index (Phi) is 4.09. The van der Waals surface area contributed by atoms with E-state index in [1.807, 2.05) is 20.0 Å². The molecule has 0 bridgehead atoms. The Bertz CT molecular complexity index is 1150. The van der Waals surface area contributed by atoms with E-state index in [-0.39, 0.29) is 6.04 Å². The van der Waals surface area contributed by atoms with E-state index in [0.717, 1.165) is 50.9 Å². The van der Waals surface area contributed by atoms with Crippen LogP contribution in [0.15, 0.2) is 18.3 Å². The van der Waals surface area contributed by atoms with Crippen LogP contribution in [0, 0.1) is 6.92 Å². The molecule has 0 aromatic carbocycles. The van der Waals surface area contributed by atoms with Crippen molar-refractivity contribution in [3.8, 4) is 22.6 Å². The maximum atomic E-state index is 5.61. The zero-order chi connectivity index (χ0) is 19.3. The predicted molar refractivity (Wildman–Crippen MR) is 107 cm³/mol.